The van der Waals surface area contributed by atoms with Crippen LogP contribution in [0.1, 0.15) is 25.8 Å². The van der Waals surface area contributed by atoms with Crippen molar-refractivity contribution < 1.29 is 5.11 Å². The minimum atomic E-state index is -0.536. The van der Waals surface area contributed by atoms with Gasteiger partial charge in [-0.25, -0.2) is 9.97 Å². The van der Waals surface area contributed by atoms with Gasteiger partial charge in [-0.05, 0) is 42.4 Å². The summed E-state index contributed by atoms with van der Waals surface area (Å²) < 4.78 is 3.16. The molecule has 6 heteroatoms. The monoisotopic (exact) mass is 344 g/mol. The molecular weight excluding hydrogens is 331 g/mol. The number of nitrogen functional groups attached to an aromatic ring is 1. The maximum Gasteiger partial charge on any atom is 0.146 e. The van der Waals surface area contributed by atoms with Gasteiger partial charge >= 0.3 is 0 Å². The van der Waals surface area contributed by atoms with Gasteiger partial charge in [-0.2, -0.15) is 0 Å². The van der Waals surface area contributed by atoms with E-state index in [2.05, 4.69) is 37.1 Å². The van der Waals surface area contributed by atoms with Crippen LogP contribution in [-0.2, 0) is 0 Å². The highest BCUT2D eigenvalue weighted by molar-refractivity contribution is 14.1. The van der Waals surface area contributed by atoms with Gasteiger partial charge in [-0.15, -0.1) is 0 Å². The summed E-state index contributed by atoms with van der Waals surface area (Å²) in [5.41, 5.74) is 6.19. The number of anilines is 1. The number of fused-ring (bicyclic) bond motifs is 1. The molecule has 2 aromatic heterocycles. The zero-order valence-corrected chi connectivity index (χ0v) is 11.5. The van der Waals surface area contributed by atoms with Crippen molar-refractivity contribution in [1.29, 1.82) is 0 Å². The van der Waals surface area contributed by atoms with Gasteiger partial charge in [0.1, 0.15) is 17.8 Å². The van der Waals surface area contributed by atoms with Gasteiger partial charge in [0.15, 0.2) is 0 Å². The van der Waals surface area contributed by atoms with E-state index in [4.69, 9.17) is 5.73 Å². The number of hydrogen-bond donors (Lipinski definition) is 2. The van der Waals surface area contributed by atoms with Gasteiger partial charge < -0.3 is 15.4 Å². The first-order chi connectivity index (χ1) is 7.98. The molecule has 0 atom stereocenters. The Morgan fingerprint density at radius 2 is 2.24 bits per heavy atom. The third-order valence-corrected chi connectivity index (χ3v) is 4.15. The van der Waals surface area contributed by atoms with Crippen LogP contribution >= 0.6 is 22.6 Å². The molecule has 17 heavy (non-hydrogen) atoms. The van der Waals surface area contributed by atoms with Gasteiger partial charge in [0.25, 0.3) is 0 Å². The fraction of sp³-hybridized carbons (Fsp3) is 0.455. The minimum Gasteiger partial charge on any atom is -0.390 e. The summed E-state index contributed by atoms with van der Waals surface area (Å²) in [5, 5.41) is 10.7. The van der Waals surface area contributed by atoms with E-state index in [1.807, 2.05) is 13.1 Å². The fourth-order valence-corrected chi connectivity index (χ4v) is 3.31. The van der Waals surface area contributed by atoms with Gasteiger partial charge in [-0.3, -0.25) is 0 Å². The van der Waals surface area contributed by atoms with Crippen LogP contribution in [0, 0.1) is 3.57 Å². The quantitative estimate of drug-likeness (QED) is 0.772. The van der Waals surface area contributed by atoms with E-state index in [-0.39, 0.29) is 0 Å². The lowest BCUT2D eigenvalue weighted by Crippen LogP contribution is -2.41. The standard InChI is InChI=1S/C11H13IN4O/c1-11(17)2-6(3-11)16-4-7(12)8-9(13)14-5-15-10(8)16/h4-6,17H,2-3H2,1H3,(H2,13,14,15). The molecule has 90 valence electrons. The highest BCUT2D eigenvalue weighted by Crippen LogP contribution is 2.43. The third kappa shape index (κ3) is 1.70. The maximum atomic E-state index is 9.81. The average Bonchev–Trinajstić information content (AvgIpc) is 2.54. The normalized spacial score (nSPS) is 28.3. The Hall–Kier alpha value is -0.890. The molecule has 2 heterocycles. The zero-order chi connectivity index (χ0) is 12.2. The van der Waals surface area contributed by atoms with Crippen molar-refractivity contribution in [2.24, 2.45) is 0 Å². The Morgan fingerprint density at radius 3 is 2.88 bits per heavy atom. The Labute approximate surface area is 112 Å². The van der Waals surface area contributed by atoms with Crippen LogP contribution in [0.4, 0.5) is 5.82 Å². The summed E-state index contributed by atoms with van der Waals surface area (Å²) in [6.45, 7) is 1.86. The van der Waals surface area contributed by atoms with Crippen LogP contribution in [0.15, 0.2) is 12.5 Å². The fourth-order valence-electron chi connectivity index (χ4n) is 2.49. The van der Waals surface area contributed by atoms with Crippen LogP contribution in [0.2, 0.25) is 0 Å². The molecule has 2 aromatic rings. The van der Waals surface area contributed by atoms with E-state index >= 15 is 0 Å². The zero-order valence-electron chi connectivity index (χ0n) is 9.39. The first kappa shape index (κ1) is 11.2. The Kier molecular flexibility index (Phi) is 2.34. The molecule has 0 aliphatic heterocycles. The summed E-state index contributed by atoms with van der Waals surface area (Å²) >= 11 is 2.24. The number of nitrogens with zero attached hydrogens (tertiary/aromatic N) is 3. The molecule has 0 bridgehead atoms. The third-order valence-electron chi connectivity index (χ3n) is 3.34. The molecule has 1 aliphatic rings. The molecule has 1 saturated carbocycles. The maximum absolute atomic E-state index is 9.81. The first-order valence-corrected chi connectivity index (χ1v) is 6.55. The van der Waals surface area contributed by atoms with Crippen molar-refractivity contribution >= 4 is 39.4 Å². The molecule has 0 amide bonds. The number of aromatic nitrogens is 3. The summed E-state index contributed by atoms with van der Waals surface area (Å²) in [7, 11) is 0. The molecule has 1 fully saturated rings. The van der Waals surface area contributed by atoms with Crippen molar-refractivity contribution in [1.82, 2.24) is 14.5 Å². The molecule has 3 rings (SSSR count). The van der Waals surface area contributed by atoms with Crippen LogP contribution in [-0.4, -0.2) is 25.2 Å². The van der Waals surface area contributed by atoms with Crippen molar-refractivity contribution in [2.45, 2.75) is 31.4 Å². The van der Waals surface area contributed by atoms with Crippen LogP contribution in [0.5, 0.6) is 0 Å². The highest BCUT2D eigenvalue weighted by atomic mass is 127. The van der Waals surface area contributed by atoms with Crippen molar-refractivity contribution in [2.75, 3.05) is 5.73 Å². The second-order valence-corrected chi connectivity index (χ2v) is 6.06. The molecule has 0 aromatic carbocycles. The summed E-state index contributed by atoms with van der Waals surface area (Å²) in [6.07, 6.45) is 5.05. The van der Waals surface area contributed by atoms with Gasteiger partial charge in [-0.1, -0.05) is 0 Å². The number of aliphatic hydroxyl groups is 1. The summed E-state index contributed by atoms with van der Waals surface area (Å²) in [4.78, 5) is 8.31. The van der Waals surface area contributed by atoms with E-state index in [1.54, 1.807) is 0 Å². The second-order valence-electron chi connectivity index (χ2n) is 4.90. The molecule has 5 nitrogen and oxygen atoms in total. The summed E-state index contributed by atoms with van der Waals surface area (Å²) in [5.74, 6) is 0.518. The molecule has 3 N–H and O–H groups in total. The Bertz CT molecular complexity index is 584. The minimum absolute atomic E-state index is 0.310. The molecule has 0 spiro atoms. The largest absolute Gasteiger partial charge is 0.390 e. The van der Waals surface area contributed by atoms with E-state index in [1.165, 1.54) is 6.33 Å². The predicted molar refractivity (Wildman–Crippen MR) is 73.6 cm³/mol. The van der Waals surface area contributed by atoms with Crippen molar-refractivity contribution in [3.63, 3.8) is 0 Å². The molecular formula is C11H13IN4O. The van der Waals surface area contributed by atoms with Crippen molar-refractivity contribution in [3.8, 4) is 0 Å². The molecule has 0 radical (unpaired) electrons. The number of rotatable bonds is 1. The second kappa shape index (κ2) is 3.55. The SMILES string of the molecule is CC1(O)CC(n2cc(I)c3c(N)ncnc32)C1. The first-order valence-electron chi connectivity index (χ1n) is 5.47. The average molecular weight is 344 g/mol. The Balaban J connectivity index is 2.10. The van der Waals surface area contributed by atoms with E-state index in [0.717, 1.165) is 27.4 Å². The summed E-state index contributed by atoms with van der Waals surface area (Å²) in [6, 6.07) is 0.310. The van der Waals surface area contributed by atoms with E-state index in [0.29, 0.717) is 11.9 Å². The number of halogens is 1. The van der Waals surface area contributed by atoms with Crippen LogP contribution in [0.3, 0.4) is 0 Å². The van der Waals surface area contributed by atoms with E-state index < -0.39 is 5.60 Å². The van der Waals surface area contributed by atoms with E-state index in [9.17, 15) is 5.11 Å². The van der Waals surface area contributed by atoms with Gasteiger partial charge in [0.2, 0.25) is 0 Å². The Morgan fingerprint density at radius 1 is 1.53 bits per heavy atom. The molecule has 1 aliphatic carbocycles. The smallest absolute Gasteiger partial charge is 0.146 e. The molecule has 0 saturated heterocycles. The lowest BCUT2D eigenvalue weighted by atomic mass is 9.77. The van der Waals surface area contributed by atoms with Gasteiger partial charge in [0, 0.05) is 15.8 Å². The van der Waals surface area contributed by atoms with Crippen molar-refractivity contribution in [3.05, 3.63) is 16.1 Å². The van der Waals surface area contributed by atoms with Gasteiger partial charge in [0.05, 0.1) is 11.0 Å². The lowest BCUT2D eigenvalue weighted by molar-refractivity contribution is -0.0498. The van der Waals surface area contributed by atoms with Crippen LogP contribution < -0.4 is 5.73 Å². The number of nitrogens with two attached hydrogens (primary N) is 1. The lowest BCUT2D eigenvalue weighted by Gasteiger charge is -2.41. The predicted octanol–water partition coefficient (Wildman–Crippen LogP) is 1.70. The molecule has 0 unspecified atom stereocenters. The van der Waals surface area contributed by atoms with Crippen LogP contribution in [0.25, 0.3) is 11.0 Å². The highest BCUT2D eigenvalue weighted by Gasteiger charge is 2.40. The number of hydrogen-bond acceptors (Lipinski definition) is 4. The topological polar surface area (TPSA) is 77.0 Å².